The first-order valence-corrected chi connectivity index (χ1v) is 11.1. The Kier molecular flexibility index (Phi) is 5.25. The van der Waals surface area contributed by atoms with E-state index < -0.39 is 0 Å². The standard InChI is InChI=1S/C25H28N6O2/c1-14-8-22(33-5)27-12-20(14)18-10-19-13-30(7-6-21(19)26-11-18)25-17(4)16(3)24-28-15(2)9-23(32)31(24)29-25/h8-12,25,29H,6-7,13H2,1-5H3. The first-order valence-electron chi connectivity index (χ1n) is 11.1. The van der Waals surface area contributed by atoms with Gasteiger partial charge in [-0.1, -0.05) is 0 Å². The predicted octanol–water partition coefficient (Wildman–Crippen LogP) is 3.06. The van der Waals surface area contributed by atoms with Gasteiger partial charge in [0.2, 0.25) is 5.88 Å². The van der Waals surface area contributed by atoms with Crippen LogP contribution in [0.25, 0.3) is 16.7 Å². The van der Waals surface area contributed by atoms with Gasteiger partial charge in [-0.3, -0.25) is 20.1 Å². The quantitative estimate of drug-likeness (QED) is 0.665. The number of allylic oxidation sites excluding steroid dienone is 1. The van der Waals surface area contributed by atoms with Crippen molar-refractivity contribution in [2.24, 2.45) is 0 Å². The average Bonchev–Trinajstić information content (AvgIpc) is 2.81. The molecular weight excluding hydrogens is 416 g/mol. The highest BCUT2D eigenvalue weighted by molar-refractivity contribution is 5.67. The average molecular weight is 445 g/mol. The number of nitrogens with one attached hydrogen (secondary N) is 1. The molecule has 0 amide bonds. The molecule has 0 saturated carbocycles. The van der Waals surface area contributed by atoms with Crippen LogP contribution in [-0.2, 0) is 13.0 Å². The lowest BCUT2D eigenvalue weighted by atomic mass is 9.97. The van der Waals surface area contributed by atoms with Crippen molar-refractivity contribution < 1.29 is 4.74 Å². The maximum Gasteiger partial charge on any atom is 0.272 e. The highest BCUT2D eigenvalue weighted by Crippen LogP contribution is 2.31. The molecule has 33 heavy (non-hydrogen) atoms. The van der Waals surface area contributed by atoms with Crippen molar-refractivity contribution in [3.63, 3.8) is 0 Å². The largest absolute Gasteiger partial charge is 0.481 e. The van der Waals surface area contributed by atoms with Crippen molar-refractivity contribution in [3.8, 4) is 17.0 Å². The molecule has 0 bridgehead atoms. The van der Waals surface area contributed by atoms with Gasteiger partial charge in [-0.2, -0.15) is 0 Å². The summed E-state index contributed by atoms with van der Waals surface area (Å²) in [6.45, 7) is 9.65. The molecule has 1 unspecified atom stereocenters. The third-order valence-electron chi connectivity index (χ3n) is 6.68. The van der Waals surface area contributed by atoms with Crippen LogP contribution in [-0.4, -0.2) is 44.3 Å². The monoisotopic (exact) mass is 444 g/mol. The summed E-state index contributed by atoms with van der Waals surface area (Å²) < 4.78 is 6.82. The van der Waals surface area contributed by atoms with Crippen molar-refractivity contribution >= 4 is 5.57 Å². The van der Waals surface area contributed by atoms with Crippen molar-refractivity contribution in [2.45, 2.75) is 46.8 Å². The van der Waals surface area contributed by atoms with Crippen LogP contribution in [0, 0.1) is 13.8 Å². The minimum absolute atomic E-state index is 0.0825. The number of nitrogens with zero attached hydrogens (tertiary/aromatic N) is 5. The molecule has 0 saturated heterocycles. The van der Waals surface area contributed by atoms with Crippen LogP contribution in [0.15, 0.2) is 41.0 Å². The van der Waals surface area contributed by atoms with E-state index in [4.69, 9.17) is 9.72 Å². The van der Waals surface area contributed by atoms with E-state index in [9.17, 15) is 4.79 Å². The van der Waals surface area contributed by atoms with Gasteiger partial charge in [0.05, 0.1) is 7.11 Å². The molecule has 0 aliphatic carbocycles. The molecule has 0 radical (unpaired) electrons. The van der Waals surface area contributed by atoms with E-state index in [0.717, 1.165) is 53.2 Å². The van der Waals surface area contributed by atoms with E-state index in [2.05, 4.69) is 40.2 Å². The fourth-order valence-electron chi connectivity index (χ4n) is 4.69. The van der Waals surface area contributed by atoms with E-state index in [1.54, 1.807) is 17.9 Å². The third kappa shape index (κ3) is 3.70. The summed E-state index contributed by atoms with van der Waals surface area (Å²) in [6, 6.07) is 5.72. The molecule has 0 aromatic carbocycles. The highest BCUT2D eigenvalue weighted by atomic mass is 16.5. The lowest BCUT2D eigenvalue weighted by molar-refractivity contribution is 0.204. The summed E-state index contributed by atoms with van der Waals surface area (Å²) in [6.07, 6.45) is 4.55. The fraction of sp³-hybridized carbons (Fsp3) is 0.360. The summed E-state index contributed by atoms with van der Waals surface area (Å²) in [5, 5.41) is 0. The second-order valence-corrected chi connectivity index (χ2v) is 8.83. The molecule has 2 aliphatic rings. The zero-order valence-corrected chi connectivity index (χ0v) is 19.6. The Morgan fingerprint density at radius 2 is 1.91 bits per heavy atom. The number of methoxy groups -OCH3 is 1. The summed E-state index contributed by atoms with van der Waals surface area (Å²) in [5.41, 5.74) is 11.8. The van der Waals surface area contributed by atoms with Crippen LogP contribution >= 0.6 is 0 Å². The molecular formula is C25H28N6O2. The van der Waals surface area contributed by atoms with Crippen molar-refractivity contribution in [2.75, 3.05) is 19.1 Å². The minimum Gasteiger partial charge on any atom is -0.481 e. The number of pyridine rings is 2. The summed E-state index contributed by atoms with van der Waals surface area (Å²) in [4.78, 5) is 28.7. The van der Waals surface area contributed by atoms with Crippen LogP contribution < -0.4 is 15.7 Å². The van der Waals surface area contributed by atoms with E-state index in [1.165, 1.54) is 11.1 Å². The molecule has 0 spiro atoms. The number of ether oxygens (including phenoxy) is 1. The predicted molar refractivity (Wildman–Crippen MR) is 128 cm³/mol. The lowest BCUT2D eigenvalue weighted by Crippen LogP contribution is -2.52. The van der Waals surface area contributed by atoms with Gasteiger partial charge in [0.15, 0.2) is 5.82 Å². The Labute approximate surface area is 193 Å². The van der Waals surface area contributed by atoms with Crippen molar-refractivity contribution in [3.05, 3.63) is 74.9 Å². The Balaban J connectivity index is 1.46. The van der Waals surface area contributed by atoms with Crippen molar-refractivity contribution in [1.29, 1.82) is 0 Å². The van der Waals surface area contributed by atoms with Crippen LogP contribution in [0.4, 0.5) is 0 Å². The van der Waals surface area contributed by atoms with Gasteiger partial charge in [-0.15, -0.1) is 0 Å². The number of hydrogen-bond donors (Lipinski definition) is 1. The van der Waals surface area contributed by atoms with Gasteiger partial charge < -0.3 is 4.74 Å². The molecule has 170 valence electrons. The molecule has 3 aromatic rings. The van der Waals surface area contributed by atoms with Gasteiger partial charge in [-0.25, -0.2) is 14.6 Å². The van der Waals surface area contributed by atoms with E-state index in [-0.39, 0.29) is 11.7 Å². The van der Waals surface area contributed by atoms with Gasteiger partial charge in [-0.05, 0) is 56.0 Å². The Bertz CT molecular complexity index is 1340. The summed E-state index contributed by atoms with van der Waals surface area (Å²) in [5.74, 6) is 1.30. The van der Waals surface area contributed by atoms with Crippen molar-refractivity contribution in [1.82, 2.24) is 24.5 Å². The number of rotatable bonds is 3. The Morgan fingerprint density at radius 3 is 2.67 bits per heavy atom. The maximum absolute atomic E-state index is 12.6. The molecule has 5 rings (SSSR count). The number of fused-ring (bicyclic) bond motifs is 2. The molecule has 1 N–H and O–H groups in total. The Morgan fingerprint density at radius 1 is 1.09 bits per heavy atom. The zero-order valence-electron chi connectivity index (χ0n) is 19.6. The summed E-state index contributed by atoms with van der Waals surface area (Å²) >= 11 is 0. The smallest absolute Gasteiger partial charge is 0.272 e. The topological polar surface area (TPSA) is 85.2 Å². The molecule has 1 atom stereocenters. The molecule has 5 heterocycles. The van der Waals surface area contributed by atoms with Gasteiger partial charge in [0, 0.05) is 66.6 Å². The van der Waals surface area contributed by atoms with Crippen LogP contribution in [0.2, 0.25) is 0 Å². The van der Waals surface area contributed by atoms with Gasteiger partial charge >= 0.3 is 0 Å². The number of hydrogen-bond acceptors (Lipinski definition) is 7. The van der Waals surface area contributed by atoms with Crippen LogP contribution in [0.3, 0.4) is 0 Å². The van der Waals surface area contributed by atoms with Gasteiger partial charge in [0.25, 0.3) is 5.56 Å². The second-order valence-electron chi connectivity index (χ2n) is 8.83. The first-order chi connectivity index (χ1) is 15.9. The second kappa shape index (κ2) is 8.12. The molecule has 8 heteroatoms. The lowest BCUT2D eigenvalue weighted by Gasteiger charge is -2.40. The van der Waals surface area contributed by atoms with Crippen LogP contribution in [0.5, 0.6) is 5.88 Å². The highest BCUT2D eigenvalue weighted by Gasteiger charge is 2.31. The van der Waals surface area contributed by atoms with E-state index >= 15 is 0 Å². The first kappa shape index (κ1) is 21.3. The fourth-order valence-corrected chi connectivity index (χ4v) is 4.69. The summed E-state index contributed by atoms with van der Waals surface area (Å²) in [7, 11) is 1.62. The number of aryl methyl sites for hydroxylation is 2. The molecule has 8 nitrogen and oxygen atoms in total. The minimum atomic E-state index is -0.0850. The van der Waals surface area contributed by atoms with E-state index in [0.29, 0.717) is 11.7 Å². The van der Waals surface area contributed by atoms with Crippen LogP contribution in [0.1, 0.15) is 42.2 Å². The molecule has 3 aromatic heterocycles. The van der Waals surface area contributed by atoms with E-state index in [1.807, 2.05) is 32.3 Å². The Hall–Kier alpha value is -3.52. The normalized spacial score (nSPS) is 17.9. The molecule has 0 fully saturated rings. The maximum atomic E-state index is 12.6. The third-order valence-corrected chi connectivity index (χ3v) is 6.68. The zero-order chi connectivity index (χ0) is 23.3. The molecule has 2 aliphatic heterocycles. The number of aromatic nitrogens is 4. The van der Waals surface area contributed by atoms with Gasteiger partial charge in [0.1, 0.15) is 6.17 Å². The SMILES string of the molecule is COc1cc(C)c(-c2cnc3c(c2)CN(C2Nn4c(nc(C)cc4=O)C(C)=C2C)CC3)cn1.